The highest BCUT2D eigenvalue weighted by Gasteiger charge is 2.27. The van der Waals surface area contributed by atoms with Crippen molar-refractivity contribution in [2.75, 3.05) is 6.54 Å². The Morgan fingerprint density at radius 2 is 1.94 bits per heavy atom. The summed E-state index contributed by atoms with van der Waals surface area (Å²) >= 11 is 0. The van der Waals surface area contributed by atoms with Crippen molar-refractivity contribution in [3.8, 4) is 0 Å². The van der Waals surface area contributed by atoms with E-state index in [1.165, 1.54) is 0 Å². The number of aromatic nitrogens is 2. The van der Waals surface area contributed by atoms with Crippen molar-refractivity contribution in [3.63, 3.8) is 0 Å². The molecule has 0 spiro atoms. The zero-order chi connectivity index (χ0) is 13.9. The largest absolute Gasteiger partial charge is 0.368 e. The van der Waals surface area contributed by atoms with Gasteiger partial charge in [-0.15, -0.1) is 0 Å². The van der Waals surface area contributed by atoms with Gasteiger partial charge >= 0.3 is 0 Å². The molecule has 0 aliphatic rings. The minimum Gasteiger partial charge on any atom is -0.368 e. The van der Waals surface area contributed by atoms with Gasteiger partial charge in [0.1, 0.15) is 6.04 Å². The molecule has 102 valence electrons. The number of nitrogens with zero attached hydrogens (tertiary/aromatic N) is 2. The second kappa shape index (κ2) is 6.00. The summed E-state index contributed by atoms with van der Waals surface area (Å²) in [7, 11) is 0. The minimum atomic E-state index is -0.365. The van der Waals surface area contributed by atoms with Crippen molar-refractivity contribution in [1.29, 1.82) is 0 Å². The molecule has 0 saturated heterocycles. The molecular weight excluding hydrogens is 228 g/mol. The van der Waals surface area contributed by atoms with Crippen molar-refractivity contribution in [2.45, 2.75) is 39.7 Å². The predicted molar refractivity (Wildman–Crippen MR) is 71.9 cm³/mol. The first-order valence-electron chi connectivity index (χ1n) is 6.41. The summed E-state index contributed by atoms with van der Waals surface area (Å²) in [5, 5.41) is 0. The van der Waals surface area contributed by atoms with Gasteiger partial charge in [0.05, 0.1) is 6.33 Å². The Labute approximate surface area is 109 Å². The molecule has 1 rings (SSSR count). The highest BCUT2D eigenvalue weighted by Crippen LogP contribution is 2.27. The van der Waals surface area contributed by atoms with Gasteiger partial charge in [0.2, 0.25) is 5.91 Å². The number of rotatable bonds is 6. The number of hydrogen-bond donors (Lipinski definition) is 2. The van der Waals surface area contributed by atoms with E-state index in [0.29, 0.717) is 12.5 Å². The summed E-state index contributed by atoms with van der Waals surface area (Å²) in [6, 6.07) is -0.365. The van der Waals surface area contributed by atoms with Crippen LogP contribution < -0.4 is 11.5 Å². The summed E-state index contributed by atoms with van der Waals surface area (Å²) in [6.07, 6.45) is 3.46. The SMILES string of the molecule is CC(C)C(CN)c1cncn1C(C(N)=O)C(C)C. The number of nitrogens with two attached hydrogens (primary N) is 2. The van der Waals surface area contributed by atoms with Crippen LogP contribution in [0.2, 0.25) is 0 Å². The number of hydrogen-bond acceptors (Lipinski definition) is 3. The van der Waals surface area contributed by atoms with Crippen molar-refractivity contribution in [2.24, 2.45) is 23.3 Å². The van der Waals surface area contributed by atoms with Crippen molar-refractivity contribution >= 4 is 5.91 Å². The molecular formula is C13H24N4O. The zero-order valence-electron chi connectivity index (χ0n) is 11.6. The fourth-order valence-corrected chi connectivity index (χ4v) is 2.36. The summed E-state index contributed by atoms with van der Waals surface area (Å²) < 4.78 is 1.88. The lowest BCUT2D eigenvalue weighted by molar-refractivity contribution is -0.122. The fourth-order valence-electron chi connectivity index (χ4n) is 2.36. The average molecular weight is 252 g/mol. The molecule has 5 nitrogen and oxygen atoms in total. The van der Waals surface area contributed by atoms with Crippen LogP contribution in [0.5, 0.6) is 0 Å². The lowest BCUT2D eigenvalue weighted by atomic mass is 9.92. The molecule has 0 aliphatic carbocycles. The molecule has 4 N–H and O–H groups in total. The maximum atomic E-state index is 11.6. The van der Waals surface area contributed by atoms with E-state index in [4.69, 9.17) is 11.5 Å². The van der Waals surface area contributed by atoms with Crippen LogP contribution in [0.3, 0.4) is 0 Å². The fraction of sp³-hybridized carbons (Fsp3) is 0.692. The van der Waals surface area contributed by atoms with Gasteiger partial charge in [-0.3, -0.25) is 4.79 Å². The van der Waals surface area contributed by atoms with Gasteiger partial charge in [-0.1, -0.05) is 27.7 Å². The normalized spacial score (nSPS) is 15.1. The summed E-state index contributed by atoms with van der Waals surface area (Å²) in [6.45, 7) is 8.72. The van der Waals surface area contributed by atoms with Crippen LogP contribution >= 0.6 is 0 Å². The van der Waals surface area contributed by atoms with Gasteiger partial charge in [-0.05, 0) is 11.8 Å². The first-order chi connectivity index (χ1) is 8.40. The minimum absolute atomic E-state index is 0.126. The quantitative estimate of drug-likeness (QED) is 0.799. The Morgan fingerprint density at radius 3 is 2.33 bits per heavy atom. The Kier molecular flexibility index (Phi) is 4.90. The topological polar surface area (TPSA) is 86.9 Å². The second-order valence-electron chi connectivity index (χ2n) is 5.40. The smallest absolute Gasteiger partial charge is 0.240 e. The third-order valence-corrected chi connectivity index (χ3v) is 3.36. The van der Waals surface area contributed by atoms with Gasteiger partial charge in [0.15, 0.2) is 0 Å². The van der Waals surface area contributed by atoms with E-state index < -0.39 is 0 Å². The lowest BCUT2D eigenvalue weighted by Gasteiger charge is -2.26. The molecule has 0 fully saturated rings. The highest BCUT2D eigenvalue weighted by molar-refractivity contribution is 5.78. The van der Waals surface area contributed by atoms with E-state index >= 15 is 0 Å². The molecule has 1 aromatic heterocycles. The van der Waals surface area contributed by atoms with Crippen LogP contribution in [0.25, 0.3) is 0 Å². The Bertz CT molecular complexity index is 397. The molecule has 5 heteroatoms. The molecule has 1 amide bonds. The first-order valence-corrected chi connectivity index (χ1v) is 6.41. The number of carbonyl (C=O) groups is 1. The van der Waals surface area contributed by atoms with E-state index in [2.05, 4.69) is 18.8 Å². The molecule has 0 aromatic carbocycles. The number of imidazole rings is 1. The van der Waals surface area contributed by atoms with E-state index in [0.717, 1.165) is 5.69 Å². The van der Waals surface area contributed by atoms with E-state index in [1.807, 2.05) is 18.4 Å². The van der Waals surface area contributed by atoms with Gasteiger partial charge < -0.3 is 16.0 Å². The van der Waals surface area contributed by atoms with Crippen LogP contribution in [-0.4, -0.2) is 22.0 Å². The Morgan fingerprint density at radius 1 is 1.33 bits per heavy atom. The maximum Gasteiger partial charge on any atom is 0.240 e. The monoisotopic (exact) mass is 252 g/mol. The van der Waals surface area contributed by atoms with Crippen LogP contribution in [0.1, 0.15) is 45.3 Å². The zero-order valence-corrected chi connectivity index (χ0v) is 11.6. The number of carbonyl (C=O) groups excluding carboxylic acids is 1. The number of amides is 1. The lowest BCUT2D eigenvalue weighted by Crippen LogP contribution is -2.33. The molecule has 1 heterocycles. The molecule has 1 aromatic rings. The molecule has 2 atom stereocenters. The van der Waals surface area contributed by atoms with E-state index in [1.54, 1.807) is 12.5 Å². The molecule has 0 bridgehead atoms. The van der Waals surface area contributed by atoms with Crippen molar-refractivity contribution < 1.29 is 4.79 Å². The standard InChI is InChI=1S/C13H24N4O/c1-8(2)10(5-14)11-6-16-7-17(11)12(9(3)4)13(15)18/h6-10,12H,5,14H2,1-4H3,(H2,15,18). The van der Waals surface area contributed by atoms with Crippen LogP contribution in [0.15, 0.2) is 12.5 Å². The van der Waals surface area contributed by atoms with Gasteiger partial charge in [-0.2, -0.15) is 0 Å². The first kappa shape index (κ1) is 14.7. The van der Waals surface area contributed by atoms with Crippen molar-refractivity contribution in [3.05, 3.63) is 18.2 Å². The van der Waals surface area contributed by atoms with Crippen LogP contribution in [0, 0.1) is 11.8 Å². The Balaban J connectivity index is 3.18. The third kappa shape index (κ3) is 2.90. The molecule has 0 aliphatic heterocycles. The van der Waals surface area contributed by atoms with E-state index in [-0.39, 0.29) is 23.8 Å². The van der Waals surface area contributed by atoms with Gasteiger partial charge in [0, 0.05) is 24.4 Å². The maximum absolute atomic E-state index is 11.6. The third-order valence-electron chi connectivity index (χ3n) is 3.36. The molecule has 2 unspecified atom stereocenters. The Hall–Kier alpha value is -1.36. The summed E-state index contributed by atoms with van der Waals surface area (Å²) in [5.74, 6) is 0.379. The summed E-state index contributed by atoms with van der Waals surface area (Å²) in [4.78, 5) is 15.8. The van der Waals surface area contributed by atoms with Crippen molar-refractivity contribution in [1.82, 2.24) is 9.55 Å². The van der Waals surface area contributed by atoms with Gasteiger partial charge in [-0.25, -0.2) is 4.98 Å². The second-order valence-corrected chi connectivity index (χ2v) is 5.40. The number of primary amides is 1. The average Bonchev–Trinajstić information content (AvgIpc) is 2.66. The highest BCUT2D eigenvalue weighted by atomic mass is 16.1. The molecule has 18 heavy (non-hydrogen) atoms. The van der Waals surface area contributed by atoms with Gasteiger partial charge in [0.25, 0.3) is 0 Å². The molecule has 0 radical (unpaired) electrons. The molecule has 0 saturated carbocycles. The predicted octanol–water partition coefficient (Wildman–Crippen LogP) is 1.26. The van der Waals surface area contributed by atoms with Crippen LogP contribution in [-0.2, 0) is 4.79 Å². The van der Waals surface area contributed by atoms with Crippen LogP contribution in [0.4, 0.5) is 0 Å². The van der Waals surface area contributed by atoms with E-state index in [9.17, 15) is 4.79 Å². The summed E-state index contributed by atoms with van der Waals surface area (Å²) in [5.41, 5.74) is 12.3.